The molecule has 2 aromatic rings. The molecule has 6 nitrogen and oxygen atoms in total. The highest BCUT2D eigenvalue weighted by Crippen LogP contribution is 2.39. The molecule has 2 aliphatic rings. The van der Waals surface area contributed by atoms with Gasteiger partial charge in [0.15, 0.2) is 5.16 Å². The van der Waals surface area contributed by atoms with Crippen molar-refractivity contribution in [2.24, 2.45) is 0 Å². The van der Waals surface area contributed by atoms with E-state index in [-0.39, 0.29) is 5.97 Å². The predicted octanol–water partition coefficient (Wildman–Crippen LogP) is 2.48. The zero-order valence-electron chi connectivity index (χ0n) is 14.5. The van der Waals surface area contributed by atoms with E-state index in [1.165, 1.54) is 7.11 Å². The summed E-state index contributed by atoms with van der Waals surface area (Å²) in [6, 6.07) is 0.382. The quantitative estimate of drug-likeness (QED) is 0.516. The van der Waals surface area contributed by atoms with Gasteiger partial charge in [0, 0.05) is 18.4 Å². The average molecular weight is 358 g/mol. The lowest BCUT2D eigenvalue weighted by Crippen LogP contribution is -2.29. The van der Waals surface area contributed by atoms with Crippen LogP contribution in [-0.4, -0.2) is 47.0 Å². The fourth-order valence-corrected chi connectivity index (χ4v) is 4.22. The van der Waals surface area contributed by atoms with Crippen LogP contribution in [0.15, 0.2) is 17.6 Å². The summed E-state index contributed by atoms with van der Waals surface area (Å²) < 4.78 is 7.31. The number of aromatic nitrogens is 3. The first-order valence-electron chi connectivity index (χ1n) is 8.66. The Morgan fingerprint density at radius 2 is 2.16 bits per heavy atom. The van der Waals surface area contributed by atoms with Gasteiger partial charge in [-0.05, 0) is 56.2 Å². The summed E-state index contributed by atoms with van der Waals surface area (Å²) in [5, 5.41) is 4.18. The first-order valence-corrected chi connectivity index (χ1v) is 9.88. The van der Waals surface area contributed by atoms with Gasteiger partial charge >= 0.3 is 5.97 Å². The normalized spacial score (nSPS) is 17.0. The van der Waals surface area contributed by atoms with Crippen LogP contribution >= 0.6 is 11.8 Å². The van der Waals surface area contributed by atoms with Crippen molar-refractivity contribution in [1.29, 1.82) is 0 Å². The number of aryl methyl sites for hydroxylation is 1. The number of fused-ring (bicyclic) bond motifs is 3. The Hall–Kier alpha value is -1.86. The monoisotopic (exact) mass is 358 g/mol. The molecule has 3 heterocycles. The zero-order chi connectivity index (χ0) is 17.4. The molecule has 1 fully saturated rings. The third kappa shape index (κ3) is 2.85. The minimum atomic E-state index is -0.258. The van der Waals surface area contributed by atoms with Gasteiger partial charge in [-0.15, -0.1) is 0 Å². The Morgan fingerprint density at radius 3 is 2.88 bits per heavy atom. The van der Waals surface area contributed by atoms with Crippen LogP contribution in [0.2, 0.25) is 0 Å². The van der Waals surface area contributed by atoms with Crippen LogP contribution in [0.25, 0.3) is 11.4 Å². The highest BCUT2D eigenvalue weighted by molar-refractivity contribution is 7.98. The summed E-state index contributed by atoms with van der Waals surface area (Å²) in [5.41, 5.74) is 4.99. The van der Waals surface area contributed by atoms with E-state index in [1.54, 1.807) is 11.8 Å². The Kier molecular flexibility index (Phi) is 4.52. The van der Waals surface area contributed by atoms with Crippen LogP contribution in [0.1, 0.15) is 40.4 Å². The van der Waals surface area contributed by atoms with E-state index in [0.29, 0.717) is 11.6 Å². The van der Waals surface area contributed by atoms with Gasteiger partial charge in [-0.1, -0.05) is 11.8 Å². The molecule has 1 saturated heterocycles. The van der Waals surface area contributed by atoms with Crippen molar-refractivity contribution >= 4 is 17.7 Å². The number of esters is 1. The number of thioether (sulfide) groups is 1. The molecule has 0 radical (unpaired) electrons. The molecular formula is C18H22N4O2S. The fourth-order valence-electron chi connectivity index (χ4n) is 3.88. The number of nitrogens with one attached hydrogen (secondary N) is 1. The smallest absolute Gasteiger partial charge is 0.339 e. The highest BCUT2D eigenvalue weighted by Gasteiger charge is 2.31. The van der Waals surface area contributed by atoms with E-state index in [2.05, 4.69) is 14.9 Å². The van der Waals surface area contributed by atoms with Crippen LogP contribution < -0.4 is 5.32 Å². The van der Waals surface area contributed by atoms with Gasteiger partial charge in [-0.25, -0.2) is 14.8 Å². The number of rotatable bonds is 3. The SMILES string of the molecule is COC(=O)c1cn(C2CCNCC2)c2c1CCc1cnc(SC)nc1-2. The van der Waals surface area contributed by atoms with E-state index in [0.717, 1.165) is 66.4 Å². The van der Waals surface area contributed by atoms with Gasteiger partial charge in [0.05, 0.1) is 24.1 Å². The molecule has 0 atom stereocenters. The van der Waals surface area contributed by atoms with Crippen LogP contribution in [-0.2, 0) is 17.6 Å². The van der Waals surface area contributed by atoms with Gasteiger partial charge in [-0.2, -0.15) is 0 Å². The van der Waals surface area contributed by atoms with Gasteiger partial charge in [0.2, 0.25) is 0 Å². The molecule has 0 aromatic carbocycles. The Bertz CT molecular complexity index is 812. The molecule has 0 unspecified atom stereocenters. The maximum atomic E-state index is 12.3. The molecule has 132 valence electrons. The van der Waals surface area contributed by atoms with Crippen molar-refractivity contribution in [3.8, 4) is 11.4 Å². The number of methoxy groups -OCH3 is 1. The van der Waals surface area contributed by atoms with Crippen LogP contribution in [0.5, 0.6) is 0 Å². The van der Waals surface area contributed by atoms with Gasteiger partial charge in [-0.3, -0.25) is 0 Å². The van der Waals surface area contributed by atoms with Gasteiger partial charge in [0.1, 0.15) is 0 Å². The third-order valence-corrected chi connectivity index (χ3v) is 5.70. The van der Waals surface area contributed by atoms with Crippen molar-refractivity contribution < 1.29 is 9.53 Å². The van der Waals surface area contributed by atoms with Crippen molar-refractivity contribution in [3.63, 3.8) is 0 Å². The topological polar surface area (TPSA) is 69.0 Å². The lowest BCUT2D eigenvalue weighted by molar-refractivity contribution is 0.0599. The largest absolute Gasteiger partial charge is 0.465 e. The molecule has 1 aliphatic heterocycles. The molecule has 0 spiro atoms. The van der Waals surface area contributed by atoms with Gasteiger partial charge in [0.25, 0.3) is 0 Å². The second-order valence-electron chi connectivity index (χ2n) is 6.48. The minimum absolute atomic E-state index is 0.258. The Labute approximate surface area is 151 Å². The molecule has 0 saturated carbocycles. The lowest BCUT2D eigenvalue weighted by Gasteiger charge is -2.28. The van der Waals surface area contributed by atoms with E-state index in [4.69, 9.17) is 9.72 Å². The number of ether oxygens (including phenoxy) is 1. The van der Waals surface area contributed by atoms with E-state index < -0.39 is 0 Å². The highest BCUT2D eigenvalue weighted by atomic mass is 32.2. The molecule has 1 N–H and O–H groups in total. The molecule has 1 aliphatic carbocycles. The molecule has 4 rings (SSSR count). The summed E-state index contributed by atoms with van der Waals surface area (Å²) in [4.78, 5) is 21.5. The van der Waals surface area contributed by atoms with Gasteiger partial charge < -0.3 is 14.6 Å². The Balaban J connectivity index is 1.90. The molecule has 25 heavy (non-hydrogen) atoms. The summed E-state index contributed by atoms with van der Waals surface area (Å²) in [5.74, 6) is -0.258. The van der Waals surface area contributed by atoms with Crippen molar-refractivity contribution in [3.05, 3.63) is 29.1 Å². The number of hydrogen-bond donors (Lipinski definition) is 1. The minimum Gasteiger partial charge on any atom is -0.465 e. The maximum Gasteiger partial charge on any atom is 0.339 e. The van der Waals surface area contributed by atoms with Crippen LogP contribution in [0.4, 0.5) is 0 Å². The van der Waals surface area contributed by atoms with E-state index >= 15 is 0 Å². The summed E-state index contributed by atoms with van der Waals surface area (Å²) in [7, 11) is 1.45. The van der Waals surface area contributed by atoms with Crippen molar-refractivity contribution in [2.75, 3.05) is 26.5 Å². The van der Waals surface area contributed by atoms with E-state index in [9.17, 15) is 4.79 Å². The first-order chi connectivity index (χ1) is 12.2. The first kappa shape index (κ1) is 16.6. The second-order valence-corrected chi connectivity index (χ2v) is 7.25. The average Bonchev–Trinajstić information content (AvgIpc) is 3.07. The molecule has 0 bridgehead atoms. The Morgan fingerprint density at radius 1 is 1.36 bits per heavy atom. The van der Waals surface area contributed by atoms with Crippen LogP contribution in [0, 0.1) is 0 Å². The number of hydrogen-bond acceptors (Lipinski definition) is 6. The number of carbonyl (C=O) groups is 1. The predicted molar refractivity (Wildman–Crippen MR) is 97.1 cm³/mol. The second kappa shape index (κ2) is 6.80. The molecule has 2 aromatic heterocycles. The third-order valence-electron chi connectivity index (χ3n) is 5.14. The number of piperidine rings is 1. The molecule has 0 amide bonds. The lowest BCUT2D eigenvalue weighted by atomic mass is 9.92. The maximum absolute atomic E-state index is 12.3. The fraction of sp³-hybridized carbons (Fsp3) is 0.500. The summed E-state index contributed by atoms with van der Waals surface area (Å²) >= 11 is 1.54. The number of carbonyl (C=O) groups excluding carboxylic acids is 1. The van der Waals surface area contributed by atoms with Crippen molar-refractivity contribution in [2.45, 2.75) is 36.9 Å². The zero-order valence-corrected chi connectivity index (χ0v) is 15.4. The van der Waals surface area contributed by atoms with Crippen molar-refractivity contribution in [1.82, 2.24) is 19.9 Å². The van der Waals surface area contributed by atoms with E-state index in [1.807, 2.05) is 18.6 Å². The molecular weight excluding hydrogens is 336 g/mol. The summed E-state index contributed by atoms with van der Waals surface area (Å²) in [6.07, 6.45) is 9.70. The van der Waals surface area contributed by atoms with Crippen LogP contribution in [0.3, 0.4) is 0 Å². The standard InChI is InChI=1S/C18H22N4O2S/c1-24-17(23)14-10-22(12-5-7-19-8-6-12)16-13(14)4-3-11-9-20-18(25-2)21-15(11)16/h9-10,12,19H,3-8H2,1-2H3. The summed E-state index contributed by atoms with van der Waals surface area (Å²) in [6.45, 7) is 2.00. The molecule has 7 heteroatoms. The number of nitrogens with zero attached hydrogens (tertiary/aromatic N) is 3.